The summed E-state index contributed by atoms with van der Waals surface area (Å²) in [4.78, 5) is 0. The van der Waals surface area contributed by atoms with Crippen LogP contribution in [0.15, 0.2) is 24.5 Å². The standard InChI is InChI=1S/C17H30N.CN/c1-3-5-6-7-8-9-10-14-18-15-11-13-17(16-18)12-4-2;1-2/h11,13,15-16H,3-10,12,14H2,1-2H3;/q+1;-1. The van der Waals surface area contributed by atoms with Crippen molar-refractivity contribution in [1.82, 2.24) is 0 Å². The van der Waals surface area contributed by atoms with Crippen LogP contribution in [-0.4, -0.2) is 0 Å². The van der Waals surface area contributed by atoms with E-state index in [2.05, 4.69) is 42.9 Å². The average Bonchev–Trinajstić information content (AvgIpc) is 2.49. The average molecular weight is 274 g/mol. The van der Waals surface area contributed by atoms with Crippen molar-refractivity contribution < 1.29 is 4.57 Å². The largest absolute Gasteiger partial charge is 0.512 e. The quantitative estimate of drug-likeness (QED) is 0.343. The second kappa shape index (κ2) is 14.1. The third kappa shape index (κ3) is 9.55. The normalized spacial score (nSPS) is 9.80. The van der Waals surface area contributed by atoms with E-state index in [4.69, 9.17) is 11.8 Å². The Morgan fingerprint density at radius 3 is 2.25 bits per heavy atom. The third-order valence-corrected chi connectivity index (χ3v) is 3.48. The first-order valence-electron chi connectivity index (χ1n) is 8.07. The summed E-state index contributed by atoms with van der Waals surface area (Å²) in [6.45, 7) is 10.5. The Bertz CT molecular complexity index is 344. The topological polar surface area (TPSA) is 27.7 Å². The Kier molecular flexibility index (Phi) is 13.1. The third-order valence-electron chi connectivity index (χ3n) is 3.48. The van der Waals surface area contributed by atoms with Crippen LogP contribution in [0.1, 0.15) is 70.8 Å². The van der Waals surface area contributed by atoms with E-state index in [1.807, 2.05) is 0 Å². The summed E-state index contributed by atoms with van der Waals surface area (Å²) >= 11 is 0. The fourth-order valence-electron chi connectivity index (χ4n) is 2.40. The molecule has 0 bridgehead atoms. The van der Waals surface area contributed by atoms with Crippen LogP contribution in [-0.2, 0) is 13.0 Å². The molecule has 1 heterocycles. The Morgan fingerprint density at radius 1 is 0.950 bits per heavy atom. The SMILES string of the molecule is CCCCCCCCC[n+]1cccc(CCC)c1.[C-]#N. The summed E-state index contributed by atoms with van der Waals surface area (Å²) in [5.74, 6) is 0. The van der Waals surface area contributed by atoms with Crippen molar-refractivity contribution in [1.29, 1.82) is 5.26 Å². The minimum atomic E-state index is 1.19. The maximum atomic E-state index is 6.25. The van der Waals surface area contributed by atoms with E-state index >= 15 is 0 Å². The lowest BCUT2D eigenvalue weighted by atomic mass is 10.1. The highest BCUT2D eigenvalue weighted by molar-refractivity contribution is 5.04. The number of aromatic nitrogens is 1. The molecule has 0 aromatic carbocycles. The predicted octanol–water partition coefficient (Wildman–Crippen LogP) is 4.77. The van der Waals surface area contributed by atoms with E-state index < -0.39 is 0 Å². The molecule has 0 amide bonds. The summed E-state index contributed by atoms with van der Waals surface area (Å²) in [5, 5.41) is 6.25. The molecule has 0 N–H and O–H groups in total. The highest BCUT2D eigenvalue weighted by atomic mass is 14.9. The molecule has 1 aromatic heterocycles. The smallest absolute Gasteiger partial charge is 0.171 e. The minimum Gasteiger partial charge on any atom is -0.512 e. The first-order chi connectivity index (χ1) is 9.86. The van der Waals surface area contributed by atoms with Gasteiger partial charge in [0.15, 0.2) is 12.4 Å². The van der Waals surface area contributed by atoms with Gasteiger partial charge in [0.2, 0.25) is 0 Å². The zero-order chi connectivity index (χ0) is 15.1. The van der Waals surface area contributed by atoms with Crippen LogP contribution in [0.25, 0.3) is 0 Å². The summed E-state index contributed by atoms with van der Waals surface area (Å²) < 4.78 is 2.36. The zero-order valence-corrected chi connectivity index (χ0v) is 13.3. The van der Waals surface area contributed by atoms with Gasteiger partial charge in [0.1, 0.15) is 6.54 Å². The molecule has 0 unspecified atom stereocenters. The molecular formula is C18H30N2. The van der Waals surface area contributed by atoms with Crippen LogP contribution in [0.4, 0.5) is 0 Å². The van der Waals surface area contributed by atoms with Crippen molar-refractivity contribution >= 4 is 0 Å². The van der Waals surface area contributed by atoms with Gasteiger partial charge in [0, 0.05) is 18.1 Å². The van der Waals surface area contributed by atoms with Crippen molar-refractivity contribution in [3.63, 3.8) is 0 Å². The van der Waals surface area contributed by atoms with Gasteiger partial charge in [-0.3, -0.25) is 0 Å². The number of unbranched alkanes of at least 4 members (excludes halogenated alkanes) is 6. The van der Waals surface area contributed by atoms with Gasteiger partial charge >= 0.3 is 0 Å². The van der Waals surface area contributed by atoms with Crippen molar-refractivity contribution in [2.75, 3.05) is 0 Å². The van der Waals surface area contributed by atoms with E-state index in [0.29, 0.717) is 0 Å². The van der Waals surface area contributed by atoms with E-state index in [-0.39, 0.29) is 0 Å². The van der Waals surface area contributed by atoms with Crippen LogP contribution in [0.2, 0.25) is 0 Å². The molecule has 0 spiro atoms. The summed E-state index contributed by atoms with van der Waals surface area (Å²) in [6, 6.07) is 4.43. The number of rotatable bonds is 10. The maximum Gasteiger partial charge on any atom is 0.171 e. The number of nitrogens with zero attached hydrogens (tertiary/aromatic N) is 2. The number of pyridine rings is 1. The van der Waals surface area contributed by atoms with Crippen LogP contribution in [0.3, 0.4) is 0 Å². The van der Waals surface area contributed by atoms with Gasteiger partial charge < -0.3 is 11.8 Å². The summed E-state index contributed by atoms with van der Waals surface area (Å²) in [6.07, 6.45) is 16.7. The highest BCUT2D eigenvalue weighted by Gasteiger charge is 2.01. The van der Waals surface area contributed by atoms with E-state index in [1.54, 1.807) is 0 Å². The van der Waals surface area contributed by atoms with Crippen molar-refractivity contribution in [3.8, 4) is 0 Å². The molecule has 0 fully saturated rings. The molecule has 0 aliphatic rings. The lowest BCUT2D eigenvalue weighted by Gasteiger charge is -2.01. The zero-order valence-electron chi connectivity index (χ0n) is 13.3. The van der Waals surface area contributed by atoms with Crippen molar-refractivity contribution in [3.05, 3.63) is 36.7 Å². The molecule has 0 saturated heterocycles. The molecule has 0 saturated carbocycles. The van der Waals surface area contributed by atoms with Gasteiger partial charge in [-0.2, -0.15) is 0 Å². The molecule has 0 aliphatic carbocycles. The fourth-order valence-corrected chi connectivity index (χ4v) is 2.40. The molecule has 112 valence electrons. The molecule has 0 aliphatic heterocycles. The van der Waals surface area contributed by atoms with Gasteiger partial charge in [-0.25, -0.2) is 4.57 Å². The molecule has 1 aromatic rings. The Labute approximate surface area is 125 Å². The Hall–Kier alpha value is -1.36. The molecule has 2 nitrogen and oxygen atoms in total. The van der Waals surface area contributed by atoms with Gasteiger partial charge in [0.25, 0.3) is 0 Å². The lowest BCUT2D eigenvalue weighted by molar-refractivity contribution is -0.697. The van der Waals surface area contributed by atoms with Crippen molar-refractivity contribution in [2.24, 2.45) is 0 Å². The second-order valence-electron chi connectivity index (χ2n) is 5.32. The van der Waals surface area contributed by atoms with Crippen LogP contribution in [0, 0.1) is 11.8 Å². The van der Waals surface area contributed by atoms with Crippen LogP contribution >= 0.6 is 0 Å². The van der Waals surface area contributed by atoms with Crippen LogP contribution in [0.5, 0.6) is 0 Å². The van der Waals surface area contributed by atoms with Gasteiger partial charge in [-0.1, -0.05) is 52.4 Å². The predicted molar refractivity (Wildman–Crippen MR) is 83.6 cm³/mol. The van der Waals surface area contributed by atoms with Crippen molar-refractivity contribution in [2.45, 2.75) is 78.2 Å². The highest BCUT2D eigenvalue weighted by Crippen LogP contribution is 2.07. The summed E-state index contributed by atoms with van der Waals surface area (Å²) in [5.41, 5.74) is 1.47. The molecule has 1 rings (SSSR count). The first kappa shape index (κ1) is 18.6. The first-order valence-corrected chi connectivity index (χ1v) is 8.07. The van der Waals surface area contributed by atoms with E-state index in [9.17, 15) is 0 Å². The maximum absolute atomic E-state index is 6.25. The second-order valence-corrected chi connectivity index (χ2v) is 5.32. The lowest BCUT2D eigenvalue weighted by Crippen LogP contribution is -2.33. The summed E-state index contributed by atoms with van der Waals surface area (Å²) in [7, 11) is 0. The monoisotopic (exact) mass is 274 g/mol. The van der Waals surface area contributed by atoms with Gasteiger partial charge in [-0.05, 0) is 18.9 Å². The number of hydrogen-bond acceptors (Lipinski definition) is 1. The minimum absolute atomic E-state index is 1.19. The van der Waals surface area contributed by atoms with Gasteiger partial charge in [0.05, 0.1) is 0 Å². The van der Waals surface area contributed by atoms with Crippen LogP contribution < -0.4 is 4.57 Å². The Balaban J connectivity index is 0.00000172. The number of hydrogen-bond donors (Lipinski definition) is 0. The molecule has 20 heavy (non-hydrogen) atoms. The molecular weight excluding hydrogens is 244 g/mol. The van der Waals surface area contributed by atoms with E-state index in [0.717, 1.165) is 0 Å². The van der Waals surface area contributed by atoms with E-state index in [1.165, 1.54) is 69.9 Å². The molecule has 2 heteroatoms. The fraction of sp³-hybridized carbons (Fsp3) is 0.667. The number of aryl methyl sites for hydroxylation is 2. The van der Waals surface area contributed by atoms with Gasteiger partial charge in [-0.15, -0.1) is 0 Å². The molecule has 0 radical (unpaired) electrons. The Morgan fingerprint density at radius 2 is 1.60 bits per heavy atom. The molecule has 0 atom stereocenters.